The summed E-state index contributed by atoms with van der Waals surface area (Å²) in [6.45, 7) is 0. The van der Waals surface area contributed by atoms with E-state index in [1.807, 2.05) is 19.2 Å². The van der Waals surface area contributed by atoms with E-state index in [9.17, 15) is 0 Å². The molecule has 2 unspecified atom stereocenters. The standard InChI is InChI=1S/C12H16ClN/c1-14-10-7-6-9(8-10)11-4-2-3-5-12(11)13/h2-5,9-10,14H,6-8H2,1H3. The minimum atomic E-state index is 0.654. The quantitative estimate of drug-likeness (QED) is 0.789. The molecule has 0 aromatic heterocycles. The maximum absolute atomic E-state index is 6.17. The monoisotopic (exact) mass is 209 g/mol. The van der Waals surface area contributed by atoms with E-state index in [0.29, 0.717) is 12.0 Å². The van der Waals surface area contributed by atoms with Crippen molar-refractivity contribution in [3.05, 3.63) is 34.9 Å². The van der Waals surface area contributed by atoms with Crippen molar-refractivity contribution in [3.63, 3.8) is 0 Å². The fourth-order valence-electron chi connectivity index (χ4n) is 2.33. The lowest BCUT2D eigenvalue weighted by atomic mass is 9.97. The summed E-state index contributed by atoms with van der Waals surface area (Å²) in [5.74, 6) is 0.654. The summed E-state index contributed by atoms with van der Waals surface area (Å²) in [5.41, 5.74) is 1.33. The molecule has 0 aliphatic heterocycles. The average molecular weight is 210 g/mol. The maximum atomic E-state index is 6.17. The largest absolute Gasteiger partial charge is 0.317 e. The van der Waals surface area contributed by atoms with Gasteiger partial charge in [-0.1, -0.05) is 29.8 Å². The lowest BCUT2D eigenvalue weighted by molar-refractivity contribution is 0.572. The number of hydrogen-bond acceptors (Lipinski definition) is 1. The first-order chi connectivity index (χ1) is 6.81. The summed E-state index contributed by atoms with van der Waals surface area (Å²) in [7, 11) is 2.04. The van der Waals surface area contributed by atoms with Gasteiger partial charge in [0, 0.05) is 11.1 Å². The molecular formula is C12H16ClN. The average Bonchev–Trinajstić information content (AvgIpc) is 2.67. The van der Waals surface area contributed by atoms with Crippen LogP contribution in [0.2, 0.25) is 5.02 Å². The van der Waals surface area contributed by atoms with Crippen LogP contribution in [0.4, 0.5) is 0 Å². The van der Waals surface area contributed by atoms with E-state index in [1.54, 1.807) is 0 Å². The Labute approximate surface area is 90.5 Å². The molecule has 0 radical (unpaired) electrons. The van der Waals surface area contributed by atoms with Crippen LogP contribution < -0.4 is 5.32 Å². The van der Waals surface area contributed by atoms with Crippen LogP contribution in [-0.4, -0.2) is 13.1 Å². The lowest BCUT2D eigenvalue weighted by Gasteiger charge is -2.12. The summed E-state index contributed by atoms with van der Waals surface area (Å²) in [6.07, 6.45) is 3.75. The number of nitrogens with one attached hydrogen (secondary N) is 1. The van der Waals surface area contributed by atoms with Crippen LogP contribution in [0.25, 0.3) is 0 Å². The molecule has 2 heteroatoms. The van der Waals surface area contributed by atoms with E-state index in [0.717, 1.165) is 5.02 Å². The van der Waals surface area contributed by atoms with Crippen LogP contribution >= 0.6 is 11.6 Å². The third-order valence-corrected chi connectivity index (χ3v) is 3.53. The molecule has 14 heavy (non-hydrogen) atoms. The first kappa shape index (κ1) is 10.0. The SMILES string of the molecule is CNC1CCC(c2ccccc2Cl)C1. The molecule has 1 nitrogen and oxygen atoms in total. The Kier molecular flexibility index (Phi) is 3.09. The van der Waals surface area contributed by atoms with Crippen molar-refractivity contribution in [1.29, 1.82) is 0 Å². The van der Waals surface area contributed by atoms with Crippen molar-refractivity contribution in [2.45, 2.75) is 31.2 Å². The molecule has 0 amide bonds. The van der Waals surface area contributed by atoms with E-state index < -0.39 is 0 Å². The second-order valence-electron chi connectivity index (χ2n) is 4.02. The van der Waals surface area contributed by atoms with Crippen molar-refractivity contribution in [3.8, 4) is 0 Å². The second kappa shape index (κ2) is 4.33. The van der Waals surface area contributed by atoms with Gasteiger partial charge in [0.25, 0.3) is 0 Å². The van der Waals surface area contributed by atoms with Gasteiger partial charge in [-0.25, -0.2) is 0 Å². The first-order valence-electron chi connectivity index (χ1n) is 5.23. The highest BCUT2D eigenvalue weighted by molar-refractivity contribution is 6.31. The van der Waals surface area contributed by atoms with Crippen molar-refractivity contribution in [1.82, 2.24) is 5.32 Å². The summed E-state index contributed by atoms with van der Waals surface area (Å²) < 4.78 is 0. The van der Waals surface area contributed by atoms with E-state index in [2.05, 4.69) is 17.4 Å². The lowest BCUT2D eigenvalue weighted by Crippen LogP contribution is -2.21. The maximum Gasteiger partial charge on any atom is 0.0440 e. The molecule has 76 valence electrons. The number of halogens is 1. The Bertz CT molecular complexity index is 311. The molecule has 2 atom stereocenters. The molecular weight excluding hydrogens is 194 g/mol. The number of hydrogen-bond donors (Lipinski definition) is 1. The zero-order valence-corrected chi connectivity index (χ0v) is 9.22. The van der Waals surface area contributed by atoms with Crippen molar-refractivity contribution in [2.75, 3.05) is 7.05 Å². The molecule has 1 N–H and O–H groups in total. The van der Waals surface area contributed by atoms with E-state index in [4.69, 9.17) is 11.6 Å². The molecule has 1 fully saturated rings. The van der Waals surface area contributed by atoms with E-state index >= 15 is 0 Å². The van der Waals surface area contributed by atoms with Gasteiger partial charge in [-0.05, 0) is 43.9 Å². The Balaban J connectivity index is 2.13. The molecule has 1 aromatic rings. The van der Waals surface area contributed by atoms with Gasteiger partial charge in [0.2, 0.25) is 0 Å². The van der Waals surface area contributed by atoms with Crippen molar-refractivity contribution < 1.29 is 0 Å². The Morgan fingerprint density at radius 3 is 2.71 bits per heavy atom. The molecule has 0 saturated heterocycles. The summed E-state index contributed by atoms with van der Waals surface area (Å²) in [6, 6.07) is 8.90. The van der Waals surface area contributed by atoms with Crippen LogP contribution in [0.15, 0.2) is 24.3 Å². The smallest absolute Gasteiger partial charge is 0.0440 e. The van der Waals surface area contributed by atoms with Gasteiger partial charge in [0.1, 0.15) is 0 Å². The molecule has 0 heterocycles. The van der Waals surface area contributed by atoms with Gasteiger partial charge in [-0.2, -0.15) is 0 Å². The van der Waals surface area contributed by atoms with Crippen LogP contribution in [0.1, 0.15) is 30.7 Å². The minimum absolute atomic E-state index is 0.654. The normalized spacial score (nSPS) is 26.7. The predicted molar refractivity (Wildman–Crippen MR) is 60.9 cm³/mol. The topological polar surface area (TPSA) is 12.0 Å². The highest BCUT2D eigenvalue weighted by Crippen LogP contribution is 2.37. The first-order valence-corrected chi connectivity index (χ1v) is 5.60. The second-order valence-corrected chi connectivity index (χ2v) is 4.42. The van der Waals surface area contributed by atoms with Gasteiger partial charge < -0.3 is 5.32 Å². The molecule has 1 aliphatic carbocycles. The summed E-state index contributed by atoms with van der Waals surface area (Å²) >= 11 is 6.17. The predicted octanol–water partition coefficient (Wildman–Crippen LogP) is 3.20. The van der Waals surface area contributed by atoms with Crippen LogP contribution in [0.5, 0.6) is 0 Å². The zero-order chi connectivity index (χ0) is 9.97. The number of rotatable bonds is 2. The summed E-state index contributed by atoms with van der Waals surface area (Å²) in [4.78, 5) is 0. The Morgan fingerprint density at radius 1 is 1.29 bits per heavy atom. The van der Waals surface area contributed by atoms with E-state index in [1.165, 1.54) is 24.8 Å². The molecule has 2 rings (SSSR count). The molecule has 1 saturated carbocycles. The van der Waals surface area contributed by atoms with Gasteiger partial charge in [-0.15, -0.1) is 0 Å². The minimum Gasteiger partial charge on any atom is -0.317 e. The van der Waals surface area contributed by atoms with Gasteiger partial charge >= 0.3 is 0 Å². The van der Waals surface area contributed by atoms with Crippen LogP contribution in [0, 0.1) is 0 Å². The van der Waals surface area contributed by atoms with Crippen LogP contribution in [-0.2, 0) is 0 Å². The Hall–Kier alpha value is -0.530. The van der Waals surface area contributed by atoms with Gasteiger partial charge in [-0.3, -0.25) is 0 Å². The van der Waals surface area contributed by atoms with Crippen LogP contribution in [0.3, 0.4) is 0 Å². The fraction of sp³-hybridized carbons (Fsp3) is 0.500. The highest BCUT2D eigenvalue weighted by Gasteiger charge is 2.25. The molecule has 1 aliphatic rings. The van der Waals surface area contributed by atoms with E-state index in [-0.39, 0.29) is 0 Å². The van der Waals surface area contributed by atoms with Crippen molar-refractivity contribution in [2.24, 2.45) is 0 Å². The molecule has 0 bridgehead atoms. The third kappa shape index (κ3) is 1.94. The molecule has 1 aromatic carbocycles. The molecule has 0 spiro atoms. The van der Waals surface area contributed by atoms with Gasteiger partial charge in [0.15, 0.2) is 0 Å². The number of benzene rings is 1. The zero-order valence-electron chi connectivity index (χ0n) is 8.46. The third-order valence-electron chi connectivity index (χ3n) is 3.19. The summed E-state index contributed by atoms with van der Waals surface area (Å²) in [5, 5.41) is 4.27. The Morgan fingerprint density at radius 2 is 2.07 bits per heavy atom. The van der Waals surface area contributed by atoms with Crippen molar-refractivity contribution >= 4 is 11.6 Å². The van der Waals surface area contributed by atoms with Gasteiger partial charge in [0.05, 0.1) is 0 Å². The fourth-order valence-corrected chi connectivity index (χ4v) is 2.62. The highest BCUT2D eigenvalue weighted by atomic mass is 35.5.